The Morgan fingerprint density at radius 3 is 2.91 bits per heavy atom. The fourth-order valence-corrected chi connectivity index (χ4v) is 4.42. The van der Waals surface area contributed by atoms with Gasteiger partial charge in [-0.1, -0.05) is 0 Å². The SMILES string of the molecule is CC(C)S(=O)(=O)N1CC2(C1)OCC[C@@H]2COc1cccnc1. The van der Waals surface area contributed by atoms with Gasteiger partial charge in [0.15, 0.2) is 0 Å². The molecule has 2 fully saturated rings. The lowest BCUT2D eigenvalue weighted by atomic mass is 9.83. The smallest absolute Gasteiger partial charge is 0.216 e. The number of nitrogens with zero attached hydrogens (tertiary/aromatic N) is 2. The number of pyridine rings is 1. The fourth-order valence-electron chi connectivity index (χ4n) is 3.03. The highest BCUT2D eigenvalue weighted by atomic mass is 32.2. The van der Waals surface area contributed by atoms with Gasteiger partial charge < -0.3 is 9.47 Å². The summed E-state index contributed by atoms with van der Waals surface area (Å²) < 4.78 is 37.5. The second-order valence-electron chi connectivity index (χ2n) is 6.26. The van der Waals surface area contributed by atoms with Crippen molar-refractivity contribution in [3.63, 3.8) is 0 Å². The van der Waals surface area contributed by atoms with E-state index in [0.29, 0.717) is 26.3 Å². The Morgan fingerprint density at radius 2 is 2.27 bits per heavy atom. The maximum atomic E-state index is 12.2. The molecular weight excluding hydrogens is 304 g/mol. The Hall–Kier alpha value is -1.18. The minimum absolute atomic E-state index is 0.214. The number of sulfonamides is 1. The zero-order chi connectivity index (χ0) is 15.8. The Labute approximate surface area is 131 Å². The molecular formula is C15H22N2O4S. The van der Waals surface area contributed by atoms with Crippen molar-refractivity contribution in [1.29, 1.82) is 0 Å². The number of hydrogen-bond acceptors (Lipinski definition) is 5. The van der Waals surface area contributed by atoms with E-state index in [-0.39, 0.29) is 11.5 Å². The molecule has 2 saturated heterocycles. The molecule has 1 aromatic rings. The average Bonchev–Trinajstić information content (AvgIpc) is 2.88. The van der Waals surface area contributed by atoms with E-state index in [1.165, 1.54) is 4.31 Å². The molecule has 0 N–H and O–H groups in total. The summed E-state index contributed by atoms with van der Waals surface area (Å²) >= 11 is 0. The van der Waals surface area contributed by atoms with Gasteiger partial charge in [-0.2, -0.15) is 4.31 Å². The summed E-state index contributed by atoms with van der Waals surface area (Å²) in [6, 6.07) is 3.70. The van der Waals surface area contributed by atoms with Gasteiger partial charge in [-0.15, -0.1) is 0 Å². The molecule has 7 heteroatoms. The van der Waals surface area contributed by atoms with Crippen LogP contribution in [0.15, 0.2) is 24.5 Å². The van der Waals surface area contributed by atoms with Gasteiger partial charge in [0.25, 0.3) is 0 Å². The van der Waals surface area contributed by atoms with Gasteiger partial charge in [-0.05, 0) is 32.4 Å². The largest absolute Gasteiger partial charge is 0.492 e. The van der Waals surface area contributed by atoms with Gasteiger partial charge in [-0.3, -0.25) is 4.98 Å². The molecule has 0 saturated carbocycles. The van der Waals surface area contributed by atoms with Crippen LogP contribution in [0.3, 0.4) is 0 Å². The summed E-state index contributed by atoms with van der Waals surface area (Å²) in [7, 11) is -3.19. The predicted octanol–water partition coefficient (Wildman–Crippen LogP) is 1.29. The van der Waals surface area contributed by atoms with Crippen molar-refractivity contribution >= 4 is 10.0 Å². The summed E-state index contributed by atoms with van der Waals surface area (Å²) in [5.74, 6) is 0.946. The highest BCUT2D eigenvalue weighted by Crippen LogP contribution is 2.41. The normalized spacial score (nSPS) is 24.6. The van der Waals surface area contributed by atoms with E-state index in [1.807, 2.05) is 12.1 Å². The molecule has 1 spiro atoms. The fraction of sp³-hybridized carbons (Fsp3) is 0.667. The first kappa shape index (κ1) is 15.7. The van der Waals surface area contributed by atoms with Crippen LogP contribution in [0.2, 0.25) is 0 Å². The lowest BCUT2D eigenvalue weighted by Gasteiger charge is -2.49. The molecule has 6 nitrogen and oxygen atoms in total. The topological polar surface area (TPSA) is 68.7 Å². The molecule has 1 atom stereocenters. The quantitative estimate of drug-likeness (QED) is 0.815. The molecule has 3 rings (SSSR count). The van der Waals surface area contributed by atoms with E-state index in [1.54, 1.807) is 26.2 Å². The molecule has 22 heavy (non-hydrogen) atoms. The predicted molar refractivity (Wildman–Crippen MR) is 82.2 cm³/mol. The van der Waals surface area contributed by atoms with E-state index < -0.39 is 15.3 Å². The Kier molecular flexibility index (Phi) is 4.13. The van der Waals surface area contributed by atoms with Crippen molar-refractivity contribution in [3.8, 4) is 5.75 Å². The summed E-state index contributed by atoms with van der Waals surface area (Å²) in [5.41, 5.74) is -0.371. The third-order valence-electron chi connectivity index (χ3n) is 4.53. The standard InChI is InChI=1S/C15H22N2O4S/c1-12(2)22(18,19)17-10-15(11-17)13(5-7-21-15)9-20-14-4-3-6-16-8-14/h3-4,6,8,12-13H,5,7,9-11H2,1-2H3/t13-/m1/s1. The van der Waals surface area contributed by atoms with Gasteiger partial charge in [0.05, 0.1) is 18.1 Å². The first-order chi connectivity index (χ1) is 10.4. The van der Waals surface area contributed by atoms with Crippen LogP contribution in [-0.4, -0.2) is 54.9 Å². The van der Waals surface area contributed by atoms with Gasteiger partial charge >= 0.3 is 0 Å². The maximum absolute atomic E-state index is 12.2. The summed E-state index contributed by atoms with van der Waals surface area (Å²) in [4.78, 5) is 4.02. The number of aromatic nitrogens is 1. The van der Waals surface area contributed by atoms with Crippen molar-refractivity contribution in [3.05, 3.63) is 24.5 Å². The van der Waals surface area contributed by atoms with Crippen molar-refractivity contribution < 1.29 is 17.9 Å². The minimum atomic E-state index is -3.19. The zero-order valence-electron chi connectivity index (χ0n) is 12.9. The van der Waals surface area contributed by atoms with Gasteiger partial charge in [0.2, 0.25) is 10.0 Å². The number of hydrogen-bond donors (Lipinski definition) is 0. The van der Waals surface area contributed by atoms with Crippen molar-refractivity contribution in [1.82, 2.24) is 9.29 Å². The van der Waals surface area contributed by atoms with Crippen LogP contribution in [0, 0.1) is 5.92 Å². The summed E-state index contributed by atoms with van der Waals surface area (Å²) in [6.45, 7) is 5.48. The number of rotatable bonds is 5. The highest BCUT2D eigenvalue weighted by Gasteiger charge is 2.56. The van der Waals surface area contributed by atoms with Gasteiger partial charge in [0.1, 0.15) is 11.4 Å². The van der Waals surface area contributed by atoms with E-state index in [0.717, 1.165) is 12.2 Å². The highest BCUT2D eigenvalue weighted by molar-refractivity contribution is 7.89. The zero-order valence-corrected chi connectivity index (χ0v) is 13.8. The third-order valence-corrected chi connectivity index (χ3v) is 6.70. The van der Waals surface area contributed by atoms with Crippen molar-refractivity contribution in [2.75, 3.05) is 26.3 Å². The van der Waals surface area contributed by atoms with Crippen molar-refractivity contribution in [2.24, 2.45) is 5.92 Å². The van der Waals surface area contributed by atoms with Crippen LogP contribution >= 0.6 is 0 Å². The van der Waals surface area contributed by atoms with Crippen LogP contribution in [-0.2, 0) is 14.8 Å². The van der Waals surface area contributed by atoms with E-state index >= 15 is 0 Å². The molecule has 2 aliphatic rings. The Morgan fingerprint density at radius 1 is 1.50 bits per heavy atom. The van der Waals surface area contributed by atoms with Crippen LogP contribution in [0.25, 0.3) is 0 Å². The molecule has 1 aromatic heterocycles. The van der Waals surface area contributed by atoms with Crippen LogP contribution in [0.5, 0.6) is 5.75 Å². The van der Waals surface area contributed by atoms with E-state index in [4.69, 9.17) is 9.47 Å². The van der Waals surface area contributed by atoms with Gasteiger partial charge in [-0.25, -0.2) is 8.42 Å². The lowest BCUT2D eigenvalue weighted by molar-refractivity contribution is -0.107. The molecule has 0 unspecified atom stereocenters. The average molecular weight is 326 g/mol. The minimum Gasteiger partial charge on any atom is -0.492 e. The van der Waals surface area contributed by atoms with Crippen LogP contribution in [0.1, 0.15) is 20.3 Å². The van der Waals surface area contributed by atoms with Crippen LogP contribution in [0.4, 0.5) is 0 Å². The maximum Gasteiger partial charge on any atom is 0.216 e. The molecule has 0 radical (unpaired) electrons. The Balaban J connectivity index is 1.61. The third kappa shape index (κ3) is 2.73. The molecule has 2 aliphatic heterocycles. The first-order valence-corrected chi connectivity index (χ1v) is 9.10. The lowest BCUT2D eigenvalue weighted by Crippen LogP contribution is -2.67. The monoisotopic (exact) mass is 326 g/mol. The molecule has 3 heterocycles. The molecule has 0 aromatic carbocycles. The summed E-state index contributed by atoms with van der Waals surface area (Å²) in [5, 5.41) is -0.392. The Bertz CT molecular complexity index is 612. The van der Waals surface area contributed by atoms with Crippen LogP contribution < -0.4 is 4.74 Å². The molecule has 0 bridgehead atoms. The molecule has 0 amide bonds. The van der Waals surface area contributed by atoms with E-state index in [2.05, 4.69) is 4.98 Å². The van der Waals surface area contributed by atoms with Crippen molar-refractivity contribution in [2.45, 2.75) is 31.1 Å². The first-order valence-electron chi connectivity index (χ1n) is 7.60. The van der Waals surface area contributed by atoms with E-state index in [9.17, 15) is 8.42 Å². The second-order valence-corrected chi connectivity index (χ2v) is 8.75. The molecule has 122 valence electrons. The number of ether oxygens (including phenoxy) is 2. The second kappa shape index (κ2) is 5.79. The summed E-state index contributed by atoms with van der Waals surface area (Å²) in [6.07, 6.45) is 4.28. The van der Waals surface area contributed by atoms with Gasteiger partial charge in [0, 0.05) is 31.8 Å². The molecule has 0 aliphatic carbocycles.